The minimum Gasteiger partial charge on any atom is -0.394 e. The van der Waals surface area contributed by atoms with Gasteiger partial charge in [-0.25, -0.2) is 0 Å². The van der Waals surface area contributed by atoms with Crippen LogP contribution in [-0.2, 0) is 14.3 Å². The molecule has 9 heteroatoms. The summed E-state index contributed by atoms with van der Waals surface area (Å²) in [6.45, 7) is 18.0. The van der Waals surface area contributed by atoms with Crippen molar-refractivity contribution in [3.8, 4) is 0 Å². The first-order chi connectivity index (χ1) is 17.1. The van der Waals surface area contributed by atoms with Gasteiger partial charge < -0.3 is 35.6 Å². The van der Waals surface area contributed by atoms with Crippen molar-refractivity contribution in [3.05, 3.63) is 35.4 Å². The van der Waals surface area contributed by atoms with Gasteiger partial charge in [-0.05, 0) is 28.7 Å². The molecule has 37 heavy (non-hydrogen) atoms. The maximum Gasteiger partial charge on any atom is 0.225 e. The monoisotopic (exact) mass is 543 g/mol. The Labute approximate surface area is 224 Å². The summed E-state index contributed by atoms with van der Waals surface area (Å²) in [4.78, 5) is 12.3. The van der Waals surface area contributed by atoms with Crippen LogP contribution in [0.15, 0.2) is 24.3 Å². The number of primary amides is 1. The van der Waals surface area contributed by atoms with Crippen LogP contribution in [0.5, 0.6) is 0 Å². The number of aliphatic hydroxyl groups is 4. The van der Waals surface area contributed by atoms with E-state index in [0.29, 0.717) is 5.56 Å². The number of ether oxygens (including phenoxy) is 2. The maximum absolute atomic E-state index is 12.3. The third-order valence-electron chi connectivity index (χ3n) is 7.17. The van der Waals surface area contributed by atoms with Gasteiger partial charge >= 0.3 is 0 Å². The summed E-state index contributed by atoms with van der Waals surface area (Å²) >= 11 is 0. The van der Waals surface area contributed by atoms with Crippen LogP contribution in [0.4, 0.5) is 0 Å². The number of amides is 1. The van der Waals surface area contributed by atoms with Crippen LogP contribution < -0.4 is 5.73 Å². The molecule has 7 unspecified atom stereocenters. The van der Waals surface area contributed by atoms with Gasteiger partial charge in [-0.2, -0.15) is 0 Å². The first kappa shape index (κ1) is 33.9. The largest absolute Gasteiger partial charge is 0.394 e. The van der Waals surface area contributed by atoms with Crippen LogP contribution in [0.3, 0.4) is 0 Å². The predicted octanol–water partition coefficient (Wildman–Crippen LogP) is 3.49. The fraction of sp³-hybridized carbons (Fsp3) is 0.750. The van der Waals surface area contributed by atoms with E-state index < -0.39 is 51.8 Å². The van der Waals surface area contributed by atoms with Gasteiger partial charge in [-0.3, -0.25) is 4.79 Å². The molecule has 1 saturated heterocycles. The van der Waals surface area contributed by atoms with Crippen LogP contribution >= 0.6 is 7.92 Å². The first-order valence-corrected chi connectivity index (χ1v) is 14.9. The summed E-state index contributed by atoms with van der Waals surface area (Å²) in [5, 5.41) is 38.6. The van der Waals surface area contributed by atoms with Crippen LogP contribution in [0.25, 0.3) is 0 Å². The summed E-state index contributed by atoms with van der Waals surface area (Å²) in [7, 11) is -0.752. The molecule has 1 aliphatic heterocycles. The summed E-state index contributed by atoms with van der Waals surface area (Å²) in [6, 6.07) is 7.72. The number of rotatable bonds is 10. The van der Waals surface area contributed by atoms with Gasteiger partial charge in [0.25, 0.3) is 0 Å². The number of benzene rings is 1. The topological polar surface area (TPSA) is 142 Å². The Balaban J connectivity index is 0.00000217. The molecule has 1 aromatic carbocycles. The molecule has 7 atom stereocenters. The molecule has 0 aliphatic carbocycles. The molecule has 0 spiro atoms. The fourth-order valence-corrected chi connectivity index (χ4v) is 7.61. The van der Waals surface area contributed by atoms with Crippen LogP contribution in [0.2, 0.25) is 0 Å². The molecular formula is C28H50NO7P. The van der Waals surface area contributed by atoms with Gasteiger partial charge in [0.1, 0.15) is 24.4 Å². The molecule has 0 radical (unpaired) electrons. The quantitative estimate of drug-likeness (QED) is 0.284. The third-order valence-corrected chi connectivity index (χ3v) is 11.2. The minimum atomic E-state index is -1.25. The van der Waals surface area contributed by atoms with E-state index >= 15 is 0 Å². The highest BCUT2D eigenvalue weighted by Gasteiger charge is 2.45. The summed E-state index contributed by atoms with van der Waals surface area (Å²) < 4.78 is 11.6. The minimum absolute atomic E-state index is 0.139. The zero-order valence-electron chi connectivity index (χ0n) is 24.0. The van der Waals surface area contributed by atoms with Gasteiger partial charge in [0, 0.05) is 5.56 Å². The van der Waals surface area contributed by atoms with Gasteiger partial charge in [-0.1, -0.05) is 94.0 Å². The molecule has 1 aromatic rings. The van der Waals surface area contributed by atoms with Crippen molar-refractivity contribution in [2.24, 2.45) is 11.1 Å². The molecule has 0 aromatic heterocycles. The lowest BCUT2D eigenvalue weighted by atomic mass is 9.88. The van der Waals surface area contributed by atoms with Crippen molar-refractivity contribution in [1.29, 1.82) is 0 Å². The second-order valence-corrected chi connectivity index (χ2v) is 14.5. The Bertz CT molecular complexity index is 809. The Morgan fingerprint density at radius 2 is 1.38 bits per heavy atom. The van der Waals surface area contributed by atoms with Gasteiger partial charge in [0.2, 0.25) is 5.91 Å². The smallest absolute Gasteiger partial charge is 0.225 e. The SMILES string of the molecule is CC(c1ccc(C2OC(C(O)CO)C(C(O)CO)O2)cc1)C(C)(C)P(C)C(C(N)=O)C(C)(C)C.CCC. The number of hydrogen-bond acceptors (Lipinski definition) is 7. The van der Waals surface area contributed by atoms with Crippen molar-refractivity contribution >= 4 is 13.8 Å². The fourth-order valence-electron chi connectivity index (χ4n) is 4.64. The van der Waals surface area contributed by atoms with E-state index in [4.69, 9.17) is 15.2 Å². The van der Waals surface area contributed by atoms with Crippen molar-refractivity contribution in [2.75, 3.05) is 19.9 Å². The predicted molar refractivity (Wildman–Crippen MR) is 149 cm³/mol. The molecule has 1 fully saturated rings. The zero-order valence-corrected chi connectivity index (χ0v) is 24.9. The Hall–Kier alpha value is -1.12. The average molecular weight is 544 g/mol. The van der Waals surface area contributed by atoms with Crippen LogP contribution in [-0.4, -0.2) is 81.4 Å². The van der Waals surface area contributed by atoms with E-state index in [2.05, 4.69) is 62.1 Å². The highest BCUT2D eigenvalue weighted by Crippen LogP contribution is 2.60. The molecule has 1 heterocycles. The lowest BCUT2D eigenvalue weighted by Crippen LogP contribution is -2.45. The van der Waals surface area contributed by atoms with Crippen molar-refractivity contribution in [2.45, 2.75) is 109 Å². The zero-order chi connectivity index (χ0) is 28.7. The van der Waals surface area contributed by atoms with Gasteiger partial charge in [0.15, 0.2) is 6.29 Å². The normalized spacial score (nSPS) is 24.4. The summed E-state index contributed by atoms with van der Waals surface area (Å²) in [5.74, 6) is -0.119. The van der Waals surface area contributed by atoms with E-state index in [9.17, 15) is 25.2 Å². The number of aliphatic hydroxyl groups excluding tert-OH is 4. The lowest BCUT2D eigenvalue weighted by molar-refractivity contribution is -0.119. The van der Waals surface area contributed by atoms with Crippen molar-refractivity contribution in [3.63, 3.8) is 0 Å². The van der Waals surface area contributed by atoms with E-state index in [1.165, 1.54) is 6.42 Å². The van der Waals surface area contributed by atoms with Crippen LogP contribution in [0.1, 0.15) is 85.1 Å². The molecule has 8 nitrogen and oxygen atoms in total. The first-order valence-electron chi connectivity index (χ1n) is 13.1. The molecule has 1 amide bonds. The molecular weight excluding hydrogens is 493 g/mol. The van der Waals surface area contributed by atoms with Crippen molar-refractivity contribution < 1.29 is 34.7 Å². The highest BCUT2D eigenvalue weighted by atomic mass is 31.1. The Morgan fingerprint density at radius 3 is 1.70 bits per heavy atom. The van der Waals surface area contributed by atoms with Gasteiger partial charge in [0.05, 0.1) is 18.9 Å². The molecule has 214 valence electrons. The maximum atomic E-state index is 12.3. The van der Waals surface area contributed by atoms with E-state index in [1.807, 2.05) is 24.3 Å². The van der Waals surface area contributed by atoms with Gasteiger partial charge in [-0.15, -0.1) is 0 Å². The molecule has 1 aliphatic rings. The Kier molecular flexibility index (Phi) is 13.1. The van der Waals surface area contributed by atoms with E-state index in [-0.39, 0.29) is 28.1 Å². The molecule has 0 saturated carbocycles. The summed E-state index contributed by atoms with van der Waals surface area (Å²) in [6.07, 6.45) is -4.04. The van der Waals surface area contributed by atoms with E-state index in [0.717, 1.165) is 5.56 Å². The molecule has 2 rings (SSSR count). The highest BCUT2D eigenvalue weighted by molar-refractivity contribution is 7.60. The lowest BCUT2D eigenvalue weighted by Gasteiger charge is -2.45. The molecule has 0 bridgehead atoms. The molecule has 6 N–H and O–H groups in total. The third kappa shape index (κ3) is 8.43. The van der Waals surface area contributed by atoms with Crippen molar-refractivity contribution in [1.82, 2.24) is 0 Å². The van der Waals surface area contributed by atoms with Crippen LogP contribution in [0, 0.1) is 5.41 Å². The number of hydrogen-bond donors (Lipinski definition) is 5. The number of carbonyl (C=O) groups excluding carboxylic acids is 1. The summed E-state index contributed by atoms with van der Waals surface area (Å²) in [5.41, 5.74) is 7.16. The number of carbonyl (C=O) groups is 1. The van der Waals surface area contributed by atoms with E-state index in [1.54, 1.807) is 0 Å². The second kappa shape index (κ2) is 14.3. The number of nitrogens with two attached hydrogens (primary N) is 1. The standard InChI is InChI=1S/C25H42NO7P.C3H8/c1-14(25(5,6)34(7)21(22(26)31)24(2,3)4)15-8-10-16(11-9-15)23-32-19(17(29)12-27)20(33-23)18(30)13-28;1-3-2/h8-11,14,17-21,23,27-30H,12-13H2,1-7H3,(H2,26,31);3H2,1-2H3. The average Bonchev–Trinajstić information content (AvgIpc) is 3.27. The second-order valence-electron chi connectivity index (χ2n) is 11.6. The Morgan fingerprint density at radius 1 is 0.973 bits per heavy atom.